The maximum Gasteiger partial charge on any atom is 0.341 e. The largest absolute Gasteiger partial charge is 0.481 e. The molecule has 2 aromatic rings. The standard InChI is InChI=1S/C20H23BrN2O5S/c1-3-27-20(26)16-13-8-9-14(21)17(18(13)29-19(16)22-11(2)24)28-10-15(25)23-12-6-4-5-7-12/h8-9,12H,3-7,10H2,1-2H3,(H,22,24)(H,23,25). The summed E-state index contributed by atoms with van der Waals surface area (Å²) in [7, 11) is 0. The van der Waals surface area contributed by atoms with Gasteiger partial charge in [0.05, 0.1) is 15.8 Å². The van der Waals surface area contributed by atoms with Crippen LogP contribution in [0.1, 0.15) is 49.9 Å². The van der Waals surface area contributed by atoms with Gasteiger partial charge in [-0.15, -0.1) is 11.3 Å². The van der Waals surface area contributed by atoms with Gasteiger partial charge in [-0.2, -0.15) is 0 Å². The molecular formula is C20H23BrN2O5S. The SMILES string of the molecule is CCOC(=O)c1c(NC(C)=O)sc2c(OCC(=O)NC3CCCC3)c(Br)ccc12. The van der Waals surface area contributed by atoms with E-state index in [1.165, 1.54) is 18.3 Å². The number of thiophene rings is 1. The average molecular weight is 483 g/mol. The predicted octanol–water partition coefficient (Wildman–Crippen LogP) is 4.24. The quantitative estimate of drug-likeness (QED) is 0.575. The van der Waals surface area contributed by atoms with Gasteiger partial charge in [-0.25, -0.2) is 4.79 Å². The van der Waals surface area contributed by atoms with Crippen LogP contribution in [0.25, 0.3) is 10.1 Å². The lowest BCUT2D eigenvalue weighted by atomic mass is 10.1. The van der Waals surface area contributed by atoms with E-state index in [-0.39, 0.29) is 36.6 Å². The second-order valence-electron chi connectivity index (χ2n) is 6.80. The van der Waals surface area contributed by atoms with Crippen molar-refractivity contribution in [3.63, 3.8) is 0 Å². The van der Waals surface area contributed by atoms with Gasteiger partial charge in [-0.3, -0.25) is 9.59 Å². The molecule has 1 saturated carbocycles. The second kappa shape index (κ2) is 9.58. The number of benzene rings is 1. The highest BCUT2D eigenvalue weighted by atomic mass is 79.9. The Labute approximate surface area is 181 Å². The Morgan fingerprint density at radius 2 is 1.97 bits per heavy atom. The Morgan fingerprint density at radius 1 is 1.24 bits per heavy atom. The molecule has 3 rings (SSSR count). The van der Waals surface area contributed by atoms with E-state index in [1.807, 2.05) is 0 Å². The van der Waals surface area contributed by atoms with E-state index in [2.05, 4.69) is 26.6 Å². The van der Waals surface area contributed by atoms with Crippen LogP contribution in [-0.4, -0.2) is 37.0 Å². The van der Waals surface area contributed by atoms with E-state index in [0.29, 0.717) is 25.3 Å². The summed E-state index contributed by atoms with van der Waals surface area (Å²) in [6.45, 7) is 3.19. The molecule has 1 aromatic carbocycles. The van der Waals surface area contributed by atoms with Crippen LogP contribution in [0.15, 0.2) is 16.6 Å². The molecule has 2 amide bonds. The van der Waals surface area contributed by atoms with E-state index in [4.69, 9.17) is 9.47 Å². The molecule has 29 heavy (non-hydrogen) atoms. The highest BCUT2D eigenvalue weighted by Crippen LogP contribution is 2.44. The number of ether oxygens (including phenoxy) is 2. The molecule has 2 N–H and O–H groups in total. The smallest absolute Gasteiger partial charge is 0.341 e. The van der Waals surface area contributed by atoms with Crippen LogP contribution in [0.2, 0.25) is 0 Å². The monoisotopic (exact) mass is 482 g/mol. The number of anilines is 1. The summed E-state index contributed by atoms with van der Waals surface area (Å²) in [5.74, 6) is -0.532. The molecule has 156 valence electrons. The van der Waals surface area contributed by atoms with Crippen LogP contribution < -0.4 is 15.4 Å². The first-order valence-corrected chi connectivity index (χ1v) is 11.1. The molecule has 0 spiro atoms. The van der Waals surface area contributed by atoms with Crippen LogP contribution in [0.3, 0.4) is 0 Å². The van der Waals surface area contributed by atoms with E-state index < -0.39 is 5.97 Å². The number of esters is 1. The summed E-state index contributed by atoms with van der Waals surface area (Å²) in [6.07, 6.45) is 4.26. The van der Waals surface area contributed by atoms with Crippen LogP contribution in [0, 0.1) is 0 Å². The summed E-state index contributed by atoms with van der Waals surface area (Å²) in [4.78, 5) is 36.4. The number of amides is 2. The van der Waals surface area contributed by atoms with Gasteiger partial charge < -0.3 is 20.1 Å². The molecule has 0 atom stereocenters. The molecule has 1 aliphatic carbocycles. The molecule has 1 heterocycles. The molecule has 1 aromatic heterocycles. The van der Waals surface area contributed by atoms with Crippen molar-refractivity contribution < 1.29 is 23.9 Å². The van der Waals surface area contributed by atoms with Crippen molar-refractivity contribution in [2.24, 2.45) is 0 Å². The van der Waals surface area contributed by atoms with Crippen molar-refractivity contribution in [2.75, 3.05) is 18.5 Å². The molecule has 0 bridgehead atoms. The van der Waals surface area contributed by atoms with Crippen molar-refractivity contribution in [3.8, 4) is 5.75 Å². The molecule has 0 radical (unpaired) electrons. The minimum Gasteiger partial charge on any atom is -0.481 e. The molecule has 1 aliphatic rings. The first-order chi connectivity index (χ1) is 13.9. The molecule has 0 aliphatic heterocycles. The van der Waals surface area contributed by atoms with Gasteiger partial charge in [0, 0.05) is 18.4 Å². The van der Waals surface area contributed by atoms with Crippen molar-refractivity contribution in [1.29, 1.82) is 0 Å². The molecule has 7 nitrogen and oxygen atoms in total. The first kappa shape index (κ1) is 21.6. The van der Waals surface area contributed by atoms with Crippen LogP contribution in [0.4, 0.5) is 5.00 Å². The zero-order valence-corrected chi connectivity index (χ0v) is 18.7. The van der Waals surface area contributed by atoms with E-state index >= 15 is 0 Å². The summed E-state index contributed by atoms with van der Waals surface area (Å²) in [5.41, 5.74) is 0.287. The predicted molar refractivity (Wildman–Crippen MR) is 116 cm³/mol. The normalized spacial score (nSPS) is 14.0. The fraction of sp³-hybridized carbons (Fsp3) is 0.450. The van der Waals surface area contributed by atoms with Crippen LogP contribution in [-0.2, 0) is 14.3 Å². The number of halogens is 1. The van der Waals surface area contributed by atoms with Gasteiger partial charge >= 0.3 is 5.97 Å². The summed E-state index contributed by atoms with van der Waals surface area (Å²) in [6, 6.07) is 3.73. The summed E-state index contributed by atoms with van der Waals surface area (Å²) < 4.78 is 12.3. The lowest BCUT2D eigenvalue weighted by Crippen LogP contribution is -2.36. The summed E-state index contributed by atoms with van der Waals surface area (Å²) in [5, 5.41) is 6.67. The van der Waals surface area contributed by atoms with Crippen molar-refractivity contribution in [3.05, 3.63) is 22.2 Å². The lowest BCUT2D eigenvalue weighted by molar-refractivity contribution is -0.123. The topological polar surface area (TPSA) is 93.7 Å². The molecule has 0 unspecified atom stereocenters. The Kier molecular flexibility index (Phi) is 7.13. The van der Waals surface area contributed by atoms with E-state index in [0.717, 1.165) is 25.7 Å². The number of hydrogen-bond acceptors (Lipinski definition) is 6. The minimum absolute atomic E-state index is 0.129. The maximum atomic E-state index is 12.5. The highest BCUT2D eigenvalue weighted by molar-refractivity contribution is 9.10. The molecule has 0 saturated heterocycles. The Bertz CT molecular complexity index is 937. The van der Waals surface area contributed by atoms with E-state index in [1.54, 1.807) is 19.1 Å². The Hall–Kier alpha value is -2.13. The fourth-order valence-corrected chi connectivity index (χ4v) is 5.19. The Morgan fingerprint density at radius 3 is 2.62 bits per heavy atom. The van der Waals surface area contributed by atoms with Crippen LogP contribution >= 0.6 is 27.3 Å². The number of carbonyl (C=O) groups is 3. The van der Waals surface area contributed by atoms with Gasteiger partial charge in [-0.05, 0) is 41.8 Å². The third kappa shape index (κ3) is 5.08. The zero-order valence-electron chi connectivity index (χ0n) is 16.3. The van der Waals surface area contributed by atoms with Crippen LogP contribution in [0.5, 0.6) is 5.75 Å². The molecule has 9 heteroatoms. The molecule has 1 fully saturated rings. The second-order valence-corrected chi connectivity index (χ2v) is 8.67. The lowest BCUT2D eigenvalue weighted by Gasteiger charge is -2.13. The van der Waals surface area contributed by atoms with Gasteiger partial charge in [0.1, 0.15) is 10.6 Å². The number of nitrogens with one attached hydrogen (secondary N) is 2. The summed E-state index contributed by atoms with van der Waals surface area (Å²) >= 11 is 4.67. The maximum absolute atomic E-state index is 12.5. The van der Waals surface area contributed by atoms with Gasteiger partial charge in [-0.1, -0.05) is 18.9 Å². The number of hydrogen-bond donors (Lipinski definition) is 2. The third-order valence-electron chi connectivity index (χ3n) is 4.60. The highest BCUT2D eigenvalue weighted by Gasteiger charge is 2.25. The first-order valence-electron chi connectivity index (χ1n) is 9.52. The van der Waals surface area contributed by atoms with Crippen molar-refractivity contribution >= 4 is 60.1 Å². The number of rotatable bonds is 7. The van der Waals surface area contributed by atoms with Gasteiger partial charge in [0.2, 0.25) is 5.91 Å². The van der Waals surface area contributed by atoms with E-state index in [9.17, 15) is 14.4 Å². The fourth-order valence-electron chi connectivity index (χ4n) is 3.38. The van der Waals surface area contributed by atoms with Crippen molar-refractivity contribution in [1.82, 2.24) is 5.32 Å². The average Bonchev–Trinajstić information content (AvgIpc) is 3.28. The van der Waals surface area contributed by atoms with Gasteiger partial charge in [0.15, 0.2) is 12.4 Å². The third-order valence-corrected chi connectivity index (χ3v) is 6.35. The number of fused-ring (bicyclic) bond motifs is 1. The van der Waals surface area contributed by atoms with Gasteiger partial charge in [0.25, 0.3) is 5.91 Å². The minimum atomic E-state index is -0.519. The number of carbonyl (C=O) groups excluding carboxylic acids is 3. The molecular weight excluding hydrogens is 460 g/mol. The zero-order chi connectivity index (χ0) is 21.0. The van der Waals surface area contributed by atoms with Crippen molar-refractivity contribution in [2.45, 2.75) is 45.6 Å². The Balaban J connectivity index is 1.90.